The number of aliphatic hydroxyl groups is 1. The molecule has 0 bridgehead atoms. The summed E-state index contributed by atoms with van der Waals surface area (Å²) in [5.41, 5.74) is 0.609. The van der Waals surface area contributed by atoms with Crippen molar-refractivity contribution in [3.63, 3.8) is 0 Å². The summed E-state index contributed by atoms with van der Waals surface area (Å²) in [7, 11) is -0.267. The van der Waals surface area contributed by atoms with E-state index in [2.05, 4.69) is 6.07 Å². The highest BCUT2D eigenvalue weighted by atomic mass is 32.2. The number of rotatable bonds is 6. The van der Waals surface area contributed by atoms with Gasteiger partial charge in [-0.3, -0.25) is 0 Å². The molecule has 0 aliphatic heterocycles. The third-order valence-electron chi connectivity index (χ3n) is 2.17. The van der Waals surface area contributed by atoms with Crippen molar-refractivity contribution in [3.8, 4) is 5.75 Å². The Morgan fingerprint density at radius 1 is 1.47 bits per heavy atom. The average molecular weight is 258 g/mol. The molecule has 0 spiro atoms. The third kappa shape index (κ3) is 4.33. The summed E-state index contributed by atoms with van der Waals surface area (Å²) >= 11 is 0. The summed E-state index contributed by atoms with van der Waals surface area (Å²) in [4.78, 5) is 0. The Hall–Kier alpha value is -1.11. The highest BCUT2D eigenvalue weighted by molar-refractivity contribution is 7.89. The molecule has 0 amide bonds. The zero-order valence-electron chi connectivity index (χ0n) is 9.88. The van der Waals surface area contributed by atoms with Crippen LogP contribution in [0.2, 0.25) is 0 Å². The van der Waals surface area contributed by atoms with Crippen molar-refractivity contribution in [2.45, 2.75) is 6.61 Å². The summed E-state index contributed by atoms with van der Waals surface area (Å²) in [6, 6.07) is 7.75. The van der Waals surface area contributed by atoms with E-state index in [1.54, 1.807) is 18.2 Å². The molecular weight excluding hydrogens is 242 g/mol. The van der Waals surface area contributed by atoms with Gasteiger partial charge in [-0.25, -0.2) is 12.7 Å². The molecule has 1 aromatic carbocycles. The number of benzene rings is 1. The monoisotopic (exact) mass is 258 g/mol. The summed E-state index contributed by atoms with van der Waals surface area (Å²) in [6.45, 7) is -0.0391. The van der Waals surface area contributed by atoms with Crippen LogP contribution < -0.4 is 4.74 Å². The second-order valence-corrected chi connectivity index (χ2v) is 5.96. The second kappa shape index (κ2) is 6.00. The first-order valence-electron chi connectivity index (χ1n) is 5.10. The fourth-order valence-corrected chi connectivity index (χ4v) is 1.78. The molecule has 0 atom stereocenters. The lowest BCUT2D eigenvalue weighted by atomic mass is 10.2. The molecule has 1 N–H and O–H groups in total. The third-order valence-corrected chi connectivity index (χ3v) is 3.96. The zero-order chi connectivity index (χ0) is 12.9. The van der Waals surface area contributed by atoms with Crippen LogP contribution in [0.15, 0.2) is 18.2 Å². The van der Waals surface area contributed by atoms with Crippen LogP contribution in [0, 0.1) is 6.07 Å². The Labute approximate surface area is 102 Å². The van der Waals surface area contributed by atoms with Crippen molar-refractivity contribution in [1.29, 1.82) is 0 Å². The van der Waals surface area contributed by atoms with Crippen molar-refractivity contribution < 1.29 is 18.3 Å². The van der Waals surface area contributed by atoms with Crippen molar-refractivity contribution in [2.75, 3.05) is 26.5 Å². The van der Waals surface area contributed by atoms with E-state index in [-0.39, 0.29) is 19.0 Å². The lowest BCUT2D eigenvalue weighted by Crippen LogP contribution is -2.27. The molecule has 0 heterocycles. The van der Waals surface area contributed by atoms with E-state index in [0.717, 1.165) is 4.31 Å². The lowest BCUT2D eigenvalue weighted by molar-refractivity contribution is 0.279. The smallest absolute Gasteiger partial charge is 0.216 e. The lowest BCUT2D eigenvalue weighted by Gasteiger charge is -2.12. The molecule has 0 fully saturated rings. The van der Waals surface area contributed by atoms with Gasteiger partial charge in [-0.2, -0.15) is 0 Å². The molecule has 6 heteroatoms. The number of ether oxygens (including phenoxy) is 1. The van der Waals surface area contributed by atoms with E-state index in [4.69, 9.17) is 9.84 Å². The van der Waals surface area contributed by atoms with Crippen LogP contribution in [0.1, 0.15) is 5.56 Å². The standard InChI is InChI=1S/C11H16NO4S/c1-12(2)17(14,15)7-6-16-11-5-3-4-10(8-11)9-13/h3,5,8,13H,6-7,9H2,1-2H3. The molecule has 1 radical (unpaired) electrons. The van der Waals surface area contributed by atoms with Gasteiger partial charge in [0.2, 0.25) is 10.0 Å². The van der Waals surface area contributed by atoms with Crippen LogP contribution in [0.3, 0.4) is 0 Å². The first-order chi connectivity index (χ1) is 7.95. The average Bonchev–Trinajstić information content (AvgIpc) is 2.29. The molecule has 1 aromatic rings. The highest BCUT2D eigenvalue weighted by Crippen LogP contribution is 2.12. The number of hydrogen-bond acceptors (Lipinski definition) is 4. The van der Waals surface area contributed by atoms with Gasteiger partial charge in [-0.05, 0) is 23.8 Å². The molecule has 0 aromatic heterocycles. The Balaban J connectivity index is 2.51. The zero-order valence-corrected chi connectivity index (χ0v) is 10.7. The maximum absolute atomic E-state index is 11.4. The molecule has 95 valence electrons. The largest absolute Gasteiger partial charge is 0.492 e. The summed E-state index contributed by atoms with van der Waals surface area (Å²) in [5, 5.41) is 8.90. The van der Waals surface area contributed by atoms with E-state index >= 15 is 0 Å². The minimum absolute atomic E-state index is 0.0763. The van der Waals surface area contributed by atoms with Crippen LogP contribution in [0.25, 0.3) is 0 Å². The minimum Gasteiger partial charge on any atom is -0.492 e. The quantitative estimate of drug-likeness (QED) is 0.794. The van der Waals surface area contributed by atoms with Crippen molar-refractivity contribution in [3.05, 3.63) is 29.8 Å². The van der Waals surface area contributed by atoms with Gasteiger partial charge < -0.3 is 9.84 Å². The van der Waals surface area contributed by atoms with E-state index in [9.17, 15) is 8.42 Å². The molecule has 5 nitrogen and oxygen atoms in total. The van der Waals surface area contributed by atoms with Crippen LogP contribution in [0.5, 0.6) is 5.75 Å². The van der Waals surface area contributed by atoms with Crippen LogP contribution in [-0.4, -0.2) is 44.3 Å². The predicted octanol–water partition coefficient (Wildman–Crippen LogP) is 0.249. The minimum atomic E-state index is -3.23. The topological polar surface area (TPSA) is 66.8 Å². The van der Waals surface area contributed by atoms with Crippen LogP contribution >= 0.6 is 0 Å². The molecule has 0 saturated heterocycles. The van der Waals surface area contributed by atoms with Crippen LogP contribution in [-0.2, 0) is 16.6 Å². The van der Waals surface area contributed by atoms with Crippen molar-refractivity contribution in [1.82, 2.24) is 4.31 Å². The van der Waals surface area contributed by atoms with E-state index < -0.39 is 10.0 Å². The van der Waals surface area contributed by atoms with Crippen LogP contribution in [0.4, 0.5) is 0 Å². The van der Waals surface area contributed by atoms with Gasteiger partial charge in [0.15, 0.2) is 0 Å². The van der Waals surface area contributed by atoms with E-state index in [0.29, 0.717) is 11.3 Å². The number of nitrogens with zero attached hydrogens (tertiary/aromatic N) is 1. The maximum Gasteiger partial charge on any atom is 0.216 e. The molecule has 0 aliphatic rings. The Morgan fingerprint density at radius 3 is 2.76 bits per heavy atom. The second-order valence-electron chi connectivity index (χ2n) is 3.65. The number of hydrogen-bond donors (Lipinski definition) is 1. The van der Waals surface area contributed by atoms with Gasteiger partial charge in [0.05, 0.1) is 12.4 Å². The number of sulfonamides is 1. The molecule has 0 saturated carbocycles. The Morgan fingerprint density at radius 2 is 2.18 bits per heavy atom. The highest BCUT2D eigenvalue weighted by Gasteiger charge is 2.13. The molecule has 1 rings (SSSR count). The molecule has 17 heavy (non-hydrogen) atoms. The first-order valence-corrected chi connectivity index (χ1v) is 6.71. The normalized spacial score (nSPS) is 11.8. The molecular formula is C11H16NO4S. The van der Waals surface area contributed by atoms with E-state index in [1.165, 1.54) is 14.1 Å². The van der Waals surface area contributed by atoms with Gasteiger partial charge in [0, 0.05) is 14.1 Å². The summed E-state index contributed by atoms with van der Waals surface area (Å²) in [5.74, 6) is 0.453. The summed E-state index contributed by atoms with van der Waals surface area (Å²) in [6.07, 6.45) is 0. The van der Waals surface area contributed by atoms with Gasteiger partial charge in [-0.15, -0.1) is 0 Å². The van der Waals surface area contributed by atoms with Crippen molar-refractivity contribution >= 4 is 10.0 Å². The molecule has 0 unspecified atom stereocenters. The fourth-order valence-electron chi connectivity index (χ4n) is 1.12. The first kappa shape index (κ1) is 14.0. The van der Waals surface area contributed by atoms with Gasteiger partial charge >= 0.3 is 0 Å². The Bertz CT molecular complexity index is 456. The summed E-state index contributed by atoms with van der Waals surface area (Å²) < 4.78 is 29.3. The fraction of sp³-hybridized carbons (Fsp3) is 0.455. The van der Waals surface area contributed by atoms with Gasteiger partial charge in [0.1, 0.15) is 12.4 Å². The molecule has 0 aliphatic carbocycles. The predicted molar refractivity (Wildman–Crippen MR) is 64.2 cm³/mol. The Kier molecular flexibility index (Phi) is 4.92. The SMILES string of the molecule is CN(C)S(=O)(=O)CCOc1cc[c]c(CO)c1. The van der Waals surface area contributed by atoms with Gasteiger partial charge in [0.25, 0.3) is 0 Å². The van der Waals surface area contributed by atoms with Crippen molar-refractivity contribution in [2.24, 2.45) is 0 Å². The maximum atomic E-state index is 11.4. The van der Waals surface area contributed by atoms with Gasteiger partial charge in [-0.1, -0.05) is 6.07 Å². The van der Waals surface area contributed by atoms with E-state index in [1.807, 2.05) is 0 Å². The number of aliphatic hydroxyl groups excluding tert-OH is 1.